The molecular weight excluding hydrogens is 307 g/mol. The summed E-state index contributed by atoms with van der Waals surface area (Å²) in [5.41, 5.74) is 0.278. The van der Waals surface area contributed by atoms with Gasteiger partial charge in [-0.3, -0.25) is 4.79 Å². The van der Waals surface area contributed by atoms with Gasteiger partial charge in [0.25, 0.3) is 5.91 Å². The predicted molar refractivity (Wildman–Crippen MR) is 87.0 cm³/mol. The van der Waals surface area contributed by atoms with E-state index in [9.17, 15) is 4.79 Å². The first kappa shape index (κ1) is 16.6. The Bertz CT molecular complexity index is 499. The molecule has 1 fully saturated rings. The number of carbonyl (C=O) groups excluding carboxylic acids is 1. The summed E-state index contributed by atoms with van der Waals surface area (Å²) in [5, 5.41) is 0.676. The smallest absolute Gasteiger partial charge is 0.274 e. The minimum Gasteiger partial charge on any atom is -0.334 e. The van der Waals surface area contributed by atoms with Gasteiger partial charge in [0.05, 0.1) is 5.02 Å². The van der Waals surface area contributed by atoms with Crippen molar-refractivity contribution in [3.8, 4) is 0 Å². The van der Waals surface area contributed by atoms with Crippen molar-refractivity contribution in [1.29, 1.82) is 0 Å². The molecule has 1 amide bonds. The van der Waals surface area contributed by atoms with Gasteiger partial charge in [0, 0.05) is 12.6 Å². The molecular formula is C16H22Cl2N2O. The molecule has 0 unspecified atom stereocenters. The monoisotopic (exact) mass is 328 g/mol. The average molecular weight is 329 g/mol. The third-order valence-corrected chi connectivity index (χ3v) is 4.50. The summed E-state index contributed by atoms with van der Waals surface area (Å²) < 4.78 is 0. The van der Waals surface area contributed by atoms with Crippen molar-refractivity contribution in [2.75, 3.05) is 6.54 Å². The molecule has 1 heterocycles. The van der Waals surface area contributed by atoms with Crippen LogP contribution in [0.5, 0.6) is 0 Å². The van der Waals surface area contributed by atoms with Crippen LogP contribution in [0.4, 0.5) is 0 Å². The van der Waals surface area contributed by atoms with Crippen LogP contribution in [0.15, 0.2) is 12.1 Å². The third-order valence-electron chi connectivity index (χ3n) is 3.99. The van der Waals surface area contributed by atoms with Gasteiger partial charge < -0.3 is 4.90 Å². The summed E-state index contributed by atoms with van der Waals surface area (Å²) in [6, 6.07) is 3.56. The maximum atomic E-state index is 12.8. The van der Waals surface area contributed by atoms with Gasteiger partial charge in [0.15, 0.2) is 0 Å². The Morgan fingerprint density at radius 2 is 2.00 bits per heavy atom. The van der Waals surface area contributed by atoms with Gasteiger partial charge in [0.2, 0.25) is 0 Å². The van der Waals surface area contributed by atoms with Crippen LogP contribution in [-0.4, -0.2) is 28.4 Å². The molecule has 0 radical (unpaired) electrons. The van der Waals surface area contributed by atoms with E-state index in [0.29, 0.717) is 22.1 Å². The highest BCUT2D eigenvalue weighted by Gasteiger charge is 2.29. The van der Waals surface area contributed by atoms with Crippen molar-refractivity contribution < 1.29 is 4.79 Å². The Morgan fingerprint density at radius 1 is 1.33 bits per heavy atom. The van der Waals surface area contributed by atoms with E-state index in [1.54, 1.807) is 12.1 Å². The fourth-order valence-corrected chi connectivity index (χ4v) is 3.10. The van der Waals surface area contributed by atoms with Crippen molar-refractivity contribution in [2.45, 2.75) is 52.0 Å². The zero-order valence-corrected chi connectivity index (χ0v) is 14.1. The van der Waals surface area contributed by atoms with E-state index in [1.165, 1.54) is 12.8 Å². The maximum absolute atomic E-state index is 12.8. The zero-order chi connectivity index (χ0) is 15.4. The minimum atomic E-state index is -0.0879. The van der Waals surface area contributed by atoms with Gasteiger partial charge in [-0.15, -0.1) is 0 Å². The van der Waals surface area contributed by atoms with Crippen LogP contribution >= 0.6 is 23.2 Å². The lowest BCUT2D eigenvalue weighted by Gasteiger charge is -2.29. The zero-order valence-electron chi connectivity index (χ0n) is 12.6. The summed E-state index contributed by atoms with van der Waals surface area (Å²) in [4.78, 5) is 18.9. The molecule has 2 rings (SSSR count). The highest BCUT2D eigenvalue weighted by Crippen LogP contribution is 2.27. The van der Waals surface area contributed by atoms with E-state index in [0.717, 1.165) is 25.8 Å². The number of rotatable bonds is 5. The number of nitrogens with zero attached hydrogens (tertiary/aromatic N) is 2. The van der Waals surface area contributed by atoms with Crippen LogP contribution in [0, 0.1) is 5.92 Å². The lowest BCUT2D eigenvalue weighted by atomic mass is 10.1. The van der Waals surface area contributed by atoms with E-state index in [-0.39, 0.29) is 11.6 Å². The minimum absolute atomic E-state index is 0.0879. The van der Waals surface area contributed by atoms with Crippen LogP contribution < -0.4 is 0 Å². The molecule has 0 aromatic carbocycles. The van der Waals surface area contributed by atoms with E-state index in [4.69, 9.17) is 23.2 Å². The number of halogens is 2. The van der Waals surface area contributed by atoms with Gasteiger partial charge in [-0.2, -0.15) is 0 Å². The summed E-state index contributed by atoms with van der Waals surface area (Å²) >= 11 is 12.0. The van der Waals surface area contributed by atoms with Gasteiger partial charge in [-0.25, -0.2) is 4.98 Å². The van der Waals surface area contributed by atoms with E-state index in [2.05, 4.69) is 18.8 Å². The molecule has 0 N–H and O–H groups in total. The fourth-order valence-electron chi connectivity index (χ4n) is 2.77. The average Bonchev–Trinajstić information content (AvgIpc) is 2.95. The normalized spacial score (nSPS) is 15.7. The highest BCUT2D eigenvalue weighted by atomic mass is 35.5. The Balaban J connectivity index is 2.21. The molecule has 0 atom stereocenters. The molecule has 1 aliphatic rings. The quantitative estimate of drug-likeness (QED) is 0.726. The van der Waals surface area contributed by atoms with Gasteiger partial charge in [0.1, 0.15) is 10.8 Å². The summed E-state index contributed by atoms with van der Waals surface area (Å²) in [7, 11) is 0. The van der Waals surface area contributed by atoms with E-state index < -0.39 is 0 Å². The van der Waals surface area contributed by atoms with E-state index in [1.807, 2.05) is 4.90 Å². The predicted octanol–water partition coefficient (Wildman–Crippen LogP) is 4.82. The molecule has 0 spiro atoms. The number of hydrogen-bond acceptors (Lipinski definition) is 2. The van der Waals surface area contributed by atoms with Crippen molar-refractivity contribution >= 4 is 29.1 Å². The Labute approximate surface area is 136 Å². The topological polar surface area (TPSA) is 33.2 Å². The SMILES string of the molecule is CC(C)CCN(C(=O)c1nc(Cl)ccc1Cl)C1CCCC1. The lowest BCUT2D eigenvalue weighted by molar-refractivity contribution is 0.0666. The lowest BCUT2D eigenvalue weighted by Crippen LogP contribution is -2.40. The fraction of sp³-hybridized carbons (Fsp3) is 0.625. The molecule has 1 saturated carbocycles. The van der Waals surface area contributed by atoms with Crippen molar-refractivity contribution in [3.63, 3.8) is 0 Å². The van der Waals surface area contributed by atoms with E-state index >= 15 is 0 Å². The Morgan fingerprint density at radius 3 is 2.62 bits per heavy atom. The number of pyridine rings is 1. The van der Waals surface area contributed by atoms with Crippen LogP contribution in [0.1, 0.15) is 56.4 Å². The molecule has 21 heavy (non-hydrogen) atoms. The molecule has 5 heteroatoms. The number of aromatic nitrogens is 1. The van der Waals surface area contributed by atoms with Gasteiger partial charge in [-0.1, -0.05) is 49.9 Å². The summed E-state index contributed by atoms with van der Waals surface area (Å²) in [6.07, 6.45) is 5.50. The first-order valence-corrected chi connectivity index (χ1v) is 8.37. The van der Waals surface area contributed by atoms with Crippen molar-refractivity contribution in [2.24, 2.45) is 5.92 Å². The first-order valence-electron chi connectivity index (χ1n) is 7.62. The third kappa shape index (κ3) is 4.33. The van der Waals surface area contributed by atoms with Gasteiger partial charge >= 0.3 is 0 Å². The number of hydrogen-bond donors (Lipinski definition) is 0. The summed E-state index contributed by atoms with van der Waals surface area (Å²) in [5.74, 6) is 0.472. The number of amides is 1. The Hall–Kier alpha value is -0.800. The molecule has 1 aromatic rings. The van der Waals surface area contributed by atoms with Crippen molar-refractivity contribution in [1.82, 2.24) is 9.88 Å². The highest BCUT2D eigenvalue weighted by molar-refractivity contribution is 6.34. The van der Waals surface area contributed by atoms with Crippen LogP contribution in [0.25, 0.3) is 0 Å². The van der Waals surface area contributed by atoms with Crippen LogP contribution in [0.2, 0.25) is 10.2 Å². The molecule has 1 aliphatic carbocycles. The molecule has 3 nitrogen and oxygen atoms in total. The largest absolute Gasteiger partial charge is 0.334 e. The molecule has 0 bridgehead atoms. The van der Waals surface area contributed by atoms with Crippen LogP contribution in [-0.2, 0) is 0 Å². The Kier molecular flexibility index (Phi) is 5.88. The standard InChI is InChI=1S/C16H22Cl2N2O/c1-11(2)9-10-20(12-5-3-4-6-12)16(21)15-13(17)7-8-14(18)19-15/h7-8,11-12H,3-6,9-10H2,1-2H3. The summed E-state index contributed by atoms with van der Waals surface area (Å²) in [6.45, 7) is 5.09. The second-order valence-corrected chi connectivity index (χ2v) is 6.88. The second kappa shape index (κ2) is 7.46. The van der Waals surface area contributed by atoms with Crippen LogP contribution in [0.3, 0.4) is 0 Å². The first-order chi connectivity index (χ1) is 9.99. The molecule has 1 aromatic heterocycles. The number of carbonyl (C=O) groups is 1. The maximum Gasteiger partial charge on any atom is 0.274 e. The molecule has 116 valence electrons. The molecule has 0 saturated heterocycles. The van der Waals surface area contributed by atoms with Gasteiger partial charge in [-0.05, 0) is 37.3 Å². The molecule has 0 aliphatic heterocycles. The van der Waals surface area contributed by atoms with Crippen molar-refractivity contribution in [3.05, 3.63) is 28.0 Å². The second-order valence-electron chi connectivity index (χ2n) is 6.08.